The topological polar surface area (TPSA) is 104 Å². The van der Waals surface area contributed by atoms with E-state index < -0.39 is 22.0 Å². The molecule has 0 aromatic heterocycles. The van der Waals surface area contributed by atoms with Gasteiger partial charge in [0.1, 0.15) is 0 Å². The molecule has 0 heterocycles. The number of benzene rings is 1. The Morgan fingerprint density at radius 2 is 2.11 bits per heavy atom. The van der Waals surface area contributed by atoms with E-state index in [0.717, 1.165) is 6.07 Å². The van der Waals surface area contributed by atoms with E-state index in [1.165, 1.54) is 12.1 Å². The second-order valence-corrected chi connectivity index (χ2v) is 5.98. The number of aliphatic hydroxyl groups excluding tert-OH is 1. The molecule has 6 nitrogen and oxygen atoms in total. The van der Waals surface area contributed by atoms with Crippen LogP contribution in [0.1, 0.15) is 23.7 Å². The molecule has 0 aliphatic heterocycles. The number of aliphatic hydroxyl groups is 1. The summed E-state index contributed by atoms with van der Waals surface area (Å²) in [6.45, 7) is 1.38. The maximum atomic E-state index is 12.0. The van der Waals surface area contributed by atoms with E-state index in [9.17, 15) is 13.2 Å². The van der Waals surface area contributed by atoms with E-state index >= 15 is 0 Å². The summed E-state index contributed by atoms with van der Waals surface area (Å²) in [5.74, 6) is -1.31. The predicted molar refractivity (Wildman–Crippen MR) is 69.9 cm³/mol. The Hall–Kier alpha value is -1.15. The summed E-state index contributed by atoms with van der Waals surface area (Å²) < 4.78 is 26.3. The Balaban J connectivity index is 3.15. The van der Waals surface area contributed by atoms with Gasteiger partial charge in [-0.05, 0) is 24.6 Å². The summed E-state index contributed by atoms with van der Waals surface area (Å²) in [4.78, 5) is 10.7. The molecule has 0 saturated carbocycles. The van der Waals surface area contributed by atoms with Gasteiger partial charge in [0.2, 0.25) is 10.0 Å². The van der Waals surface area contributed by atoms with Gasteiger partial charge in [0, 0.05) is 6.04 Å². The molecule has 0 bridgehead atoms. The van der Waals surface area contributed by atoms with Gasteiger partial charge in [-0.3, -0.25) is 0 Å². The predicted octanol–water partition coefficient (Wildman–Crippen LogP) is 1.09. The Labute approximate surface area is 116 Å². The maximum Gasteiger partial charge on any atom is 0.337 e. The van der Waals surface area contributed by atoms with Crippen LogP contribution in [-0.4, -0.2) is 37.2 Å². The molecule has 0 unspecified atom stereocenters. The summed E-state index contributed by atoms with van der Waals surface area (Å²) >= 11 is 5.67. The Kier molecular flexibility index (Phi) is 5.30. The highest BCUT2D eigenvalue weighted by molar-refractivity contribution is 7.89. The lowest BCUT2D eigenvalue weighted by molar-refractivity contribution is 0.0697. The Morgan fingerprint density at radius 3 is 2.58 bits per heavy atom. The van der Waals surface area contributed by atoms with E-state index in [4.69, 9.17) is 21.8 Å². The lowest BCUT2D eigenvalue weighted by Gasteiger charge is -2.14. The third-order valence-corrected chi connectivity index (χ3v) is 4.36. The Bertz CT molecular complexity index is 568. The SMILES string of the molecule is CC[C@@H](CO)NS(=O)(=O)c1ccc(Cl)c(C(=O)O)c1. The smallest absolute Gasteiger partial charge is 0.337 e. The number of carboxylic acid groups (broad SMARTS) is 1. The van der Waals surface area contributed by atoms with Gasteiger partial charge in [-0.15, -0.1) is 0 Å². The summed E-state index contributed by atoms with van der Waals surface area (Å²) in [5.41, 5.74) is -0.290. The van der Waals surface area contributed by atoms with Crippen molar-refractivity contribution in [3.05, 3.63) is 28.8 Å². The molecule has 0 radical (unpaired) electrons. The number of halogens is 1. The Morgan fingerprint density at radius 1 is 1.47 bits per heavy atom. The molecule has 0 aliphatic rings. The van der Waals surface area contributed by atoms with Crippen molar-refractivity contribution in [3.63, 3.8) is 0 Å². The van der Waals surface area contributed by atoms with Crippen LogP contribution < -0.4 is 4.72 Å². The lowest BCUT2D eigenvalue weighted by atomic mass is 10.2. The zero-order chi connectivity index (χ0) is 14.6. The lowest BCUT2D eigenvalue weighted by Crippen LogP contribution is -2.36. The van der Waals surface area contributed by atoms with Crippen molar-refractivity contribution >= 4 is 27.6 Å². The fraction of sp³-hybridized carbons (Fsp3) is 0.364. The van der Waals surface area contributed by atoms with Crippen molar-refractivity contribution in [2.45, 2.75) is 24.3 Å². The minimum absolute atomic E-state index is 0.0411. The van der Waals surface area contributed by atoms with Crippen LogP contribution in [0.3, 0.4) is 0 Å². The number of hydrogen-bond acceptors (Lipinski definition) is 4. The molecule has 106 valence electrons. The highest BCUT2D eigenvalue weighted by Gasteiger charge is 2.21. The number of carbonyl (C=O) groups is 1. The standard InChI is InChI=1S/C11H14ClNO5S/c1-2-7(6-14)13-19(17,18)8-3-4-10(12)9(5-8)11(15)16/h3-5,7,13-14H,2,6H2,1H3,(H,15,16)/t7-/m0/s1. The zero-order valence-electron chi connectivity index (χ0n) is 10.1. The van der Waals surface area contributed by atoms with Crippen molar-refractivity contribution in [3.8, 4) is 0 Å². The molecule has 0 amide bonds. The minimum atomic E-state index is -3.89. The van der Waals surface area contributed by atoms with Gasteiger partial charge in [0.25, 0.3) is 0 Å². The molecule has 1 rings (SSSR count). The average Bonchev–Trinajstić information content (AvgIpc) is 2.35. The average molecular weight is 308 g/mol. The quantitative estimate of drug-likeness (QED) is 0.730. The molecule has 19 heavy (non-hydrogen) atoms. The van der Waals surface area contributed by atoms with E-state index in [2.05, 4.69) is 4.72 Å². The summed E-state index contributed by atoms with van der Waals surface area (Å²) in [6, 6.07) is 2.78. The first-order valence-electron chi connectivity index (χ1n) is 5.47. The summed E-state index contributed by atoms with van der Waals surface area (Å²) in [5, 5.41) is 17.8. The summed E-state index contributed by atoms with van der Waals surface area (Å²) in [6.07, 6.45) is 0.412. The van der Waals surface area contributed by atoms with Crippen LogP contribution in [0.4, 0.5) is 0 Å². The van der Waals surface area contributed by atoms with Gasteiger partial charge in [0.15, 0.2) is 0 Å². The van der Waals surface area contributed by atoms with Crippen LogP contribution in [0.2, 0.25) is 5.02 Å². The van der Waals surface area contributed by atoms with Crippen LogP contribution in [0.15, 0.2) is 23.1 Å². The second kappa shape index (κ2) is 6.33. The van der Waals surface area contributed by atoms with E-state index in [0.29, 0.717) is 6.42 Å². The van der Waals surface area contributed by atoms with Crippen molar-refractivity contribution in [2.24, 2.45) is 0 Å². The molecule has 0 spiro atoms. The molecule has 0 fully saturated rings. The molecule has 1 aromatic rings. The normalized spacial score (nSPS) is 13.2. The largest absolute Gasteiger partial charge is 0.478 e. The van der Waals surface area contributed by atoms with Crippen LogP contribution in [-0.2, 0) is 10.0 Å². The van der Waals surface area contributed by atoms with Crippen LogP contribution >= 0.6 is 11.6 Å². The first-order chi connectivity index (χ1) is 8.81. The number of nitrogens with one attached hydrogen (secondary N) is 1. The van der Waals surface area contributed by atoms with Gasteiger partial charge in [0.05, 0.1) is 22.1 Å². The second-order valence-electron chi connectivity index (χ2n) is 3.86. The molecule has 8 heteroatoms. The fourth-order valence-corrected chi connectivity index (χ4v) is 2.91. The first-order valence-corrected chi connectivity index (χ1v) is 7.34. The third kappa shape index (κ3) is 3.90. The van der Waals surface area contributed by atoms with Gasteiger partial charge in [-0.1, -0.05) is 18.5 Å². The van der Waals surface area contributed by atoms with Crippen molar-refractivity contribution in [1.82, 2.24) is 4.72 Å². The molecule has 3 N–H and O–H groups in total. The monoisotopic (exact) mass is 307 g/mol. The number of rotatable bonds is 6. The molecular formula is C11H14ClNO5S. The van der Waals surface area contributed by atoms with Crippen molar-refractivity contribution in [2.75, 3.05) is 6.61 Å². The van der Waals surface area contributed by atoms with E-state index in [-0.39, 0.29) is 22.1 Å². The van der Waals surface area contributed by atoms with Gasteiger partial charge in [-0.25, -0.2) is 17.9 Å². The molecule has 0 saturated heterocycles. The first kappa shape index (κ1) is 15.9. The molecule has 1 aromatic carbocycles. The van der Waals surface area contributed by atoms with E-state index in [1.54, 1.807) is 6.92 Å². The highest BCUT2D eigenvalue weighted by Crippen LogP contribution is 2.20. The highest BCUT2D eigenvalue weighted by atomic mass is 35.5. The van der Waals surface area contributed by atoms with Gasteiger partial charge >= 0.3 is 5.97 Å². The molecule has 1 atom stereocenters. The molecule has 0 aliphatic carbocycles. The van der Waals surface area contributed by atoms with Gasteiger partial charge < -0.3 is 10.2 Å². The van der Waals surface area contributed by atoms with Crippen molar-refractivity contribution in [1.29, 1.82) is 0 Å². The minimum Gasteiger partial charge on any atom is -0.478 e. The van der Waals surface area contributed by atoms with Crippen LogP contribution in [0, 0.1) is 0 Å². The number of hydrogen-bond donors (Lipinski definition) is 3. The number of carboxylic acids is 1. The van der Waals surface area contributed by atoms with Crippen LogP contribution in [0.25, 0.3) is 0 Å². The fourth-order valence-electron chi connectivity index (χ4n) is 1.37. The van der Waals surface area contributed by atoms with E-state index in [1.807, 2.05) is 0 Å². The number of aromatic carboxylic acids is 1. The maximum absolute atomic E-state index is 12.0. The third-order valence-electron chi connectivity index (χ3n) is 2.51. The number of sulfonamides is 1. The summed E-state index contributed by atoms with van der Waals surface area (Å²) in [7, 11) is -3.89. The van der Waals surface area contributed by atoms with Crippen molar-refractivity contribution < 1.29 is 23.4 Å². The van der Waals surface area contributed by atoms with Crippen LogP contribution in [0.5, 0.6) is 0 Å². The van der Waals surface area contributed by atoms with Gasteiger partial charge in [-0.2, -0.15) is 0 Å². The molecular weight excluding hydrogens is 294 g/mol. The zero-order valence-corrected chi connectivity index (χ0v) is 11.7.